The average molecular weight is 224 g/mol. The maximum atomic E-state index is 11.6. The molecule has 0 unspecified atom stereocenters. The third-order valence-electron chi connectivity index (χ3n) is 2.70. The van der Waals surface area contributed by atoms with Crippen LogP contribution in [0.2, 0.25) is 0 Å². The molecule has 0 aromatic carbocycles. The third-order valence-corrected chi connectivity index (χ3v) is 3.02. The third kappa shape index (κ3) is 5.22. The summed E-state index contributed by atoms with van der Waals surface area (Å²) < 4.78 is 0. The number of hydrogen-bond donors (Lipinski definition) is 1. The Morgan fingerprint density at radius 3 is 2.27 bits per heavy atom. The lowest BCUT2D eigenvalue weighted by Crippen LogP contribution is -2.07. The summed E-state index contributed by atoms with van der Waals surface area (Å²) >= 11 is 4.17. The van der Waals surface area contributed by atoms with E-state index in [1.807, 2.05) is 24.3 Å². The highest BCUT2D eigenvalue weighted by atomic mass is 32.1. The predicted octanol–water partition coefficient (Wildman–Crippen LogP) is 3.57. The molecule has 0 aromatic heterocycles. The Morgan fingerprint density at radius 2 is 1.60 bits per heavy atom. The van der Waals surface area contributed by atoms with Crippen molar-refractivity contribution in [2.75, 3.05) is 5.75 Å². The van der Waals surface area contributed by atoms with E-state index >= 15 is 0 Å². The first-order chi connectivity index (χ1) is 7.34. The molecule has 0 heterocycles. The SMILES string of the molecule is O=C(CCCCCCCS)C1C=CC=C1. The van der Waals surface area contributed by atoms with Crippen LogP contribution in [-0.2, 0) is 4.79 Å². The van der Waals surface area contributed by atoms with Crippen LogP contribution in [0.3, 0.4) is 0 Å². The molecule has 0 fully saturated rings. The number of rotatable bonds is 8. The van der Waals surface area contributed by atoms with Crippen LogP contribution in [0.1, 0.15) is 38.5 Å². The summed E-state index contributed by atoms with van der Waals surface area (Å²) in [6, 6.07) is 0. The van der Waals surface area contributed by atoms with Crippen molar-refractivity contribution >= 4 is 18.4 Å². The van der Waals surface area contributed by atoms with Gasteiger partial charge in [0, 0.05) is 6.42 Å². The van der Waals surface area contributed by atoms with E-state index in [-0.39, 0.29) is 5.92 Å². The van der Waals surface area contributed by atoms with Crippen LogP contribution in [0, 0.1) is 5.92 Å². The van der Waals surface area contributed by atoms with Crippen molar-refractivity contribution in [1.29, 1.82) is 0 Å². The fourth-order valence-corrected chi connectivity index (χ4v) is 1.98. The summed E-state index contributed by atoms with van der Waals surface area (Å²) in [7, 11) is 0. The number of hydrogen-bond acceptors (Lipinski definition) is 2. The van der Waals surface area contributed by atoms with Crippen LogP contribution in [-0.4, -0.2) is 11.5 Å². The Kier molecular flexibility index (Phi) is 6.49. The van der Waals surface area contributed by atoms with Gasteiger partial charge in [-0.05, 0) is 18.6 Å². The second-order valence-electron chi connectivity index (χ2n) is 4.00. The van der Waals surface area contributed by atoms with Crippen molar-refractivity contribution in [3.05, 3.63) is 24.3 Å². The smallest absolute Gasteiger partial charge is 0.143 e. The van der Waals surface area contributed by atoms with E-state index in [1.165, 1.54) is 25.7 Å². The summed E-state index contributed by atoms with van der Waals surface area (Å²) in [6.45, 7) is 0. The average Bonchev–Trinajstić information content (AvgIpc) is 2.76. The van der Waals surface area contributed by atoms with Crippen molar-refractivity contribution < 1.29 is 4.79 Å². The first-order valence-electron chi connectivity index (χ1n) is 5.83. The fraction of sp³-hybridized carbons (Fsp3) is 0.615. The molecule has 1 nitrogen and oxygen atoms in total. The lowest BCUT2D eigenvalue weighted by Gasteiger charge is -2.04. The number of carbonyl (C=O) groups is 1. The predicted molar refractivity (Wildman–Crippen MR) is 68.3 cm³/mol. The minimum absolute atomic E-state index is 0.0717. The molecule has 0 spiro atoms. The van der Waals surface area contributed by atoms with Gasteiger partial charge in [-0.25, -0.2) is 0 Å². The summed E-state index contributed by atoms with van der Waals surface area (Å²) in [6.07, 6.45) is 14.5. The Labute approximate surface area is 98.1 Å². The molecule has 15 heavy (non-hydrogen) atoms. The molecule has 1 aliphatic carbocycles. The highest BCUT2D eigenvalue weighted by molar-refractivity contribution is 7.80. The Hall–Kier alpha value is -0.500. The summed E-state index contributed by atoms with van der Waals surface area (Å²) in [5, 5.41) is 0. The highest BCUT2D eigenvalue weighted by Gasteiger charge is 2.12. The van der Waals surface area contributed by atoms with E-state index in [4.69, 9.17) is 0 Å². The van der Waals surface area contributed by atoms with E-state index in [0.717, 1.165) is 18.6 Å². The van der Waals surface area contributed by atoms with Crippen LogP contribution in [0.25, 0.3) is 0 Å². The van der Waals surface area contributed by atoms with Gasteiger partial charge < -0.3 is 0 Å². The van der Waals surface area contributed by atoms with Crippen molar-refractivity contribution in [2.45, 2.75) is 38.5 Å². The van der Waals surface area contributed by atoms with Crippen molar-refractivity contribution in [3.8, 4) is 0 Å². The van der Waals surface area contributed by atoms with Gasteiger partial charge in [-0.2, -0.15) is 12.6 Å². The molecule has 0 aliphatic heterocycles. The standard InChI is InChI=1S/C13H20OS/c14-13(12-8-5-6-9-12)10-4-2-1-3-7-11-15/h5-6,8-9,12,15H,1-4,7,10-11H2. The van der Waals surface area contributed by atoms with E-state index < -0.39 is 0 Å². The molecule has 0 aromatic rings. The fourth-order valence-electron chi connectivity index (χ4n) is 1.75. The molecular formula is C13H20OS. The minimum atomic E-state index is 0.0717. The second kappa shape index (κ2) is 7.75. The molecule has 0 amide bonds. The molecule has 2 heteroatoms. The van der Waals surface area contributed by atoms with Gasteiger partial charge in [0.15, 0.2) is 0 Å². The zero-order chi connectivity index (χ0) is 10.9. The highest BCUT2D eigenvalue weighted by Crippen LogP contribution is 2.14. The van der Waals surface area contributed by atoms with Gasteiger partial charge in [-0.15, -0.1) is 0 Å². The van der Waals surface area contributed by atoms with Crippen LogP contribution in [0.15, 0.2) is 24.3 Å². The second-order valence-corrected chi connectivity index (χ2v) is 4.45. The van der Waals surface area contributed by atoms with Gasteiger partial charge in [0.2, 0.25) is 0 Å². The van der Waals surface area contributed by atoms with Crippen molar-refractivity contribution in [2.24, 2.45) is 5.92 Å². The van der Waals surface area contributed by atoms with E-state index in [1.54, 1.807) is 0 Å². The zero-order valence-electron chi connectivity index (χ0n) is 9.19. The van der Waals surface area contributed by atoms with E-state index in [2.05, 4.69) is 12.6 Å². The first kappa shape index (κ1) is 12.6. The number of Topliss-reactive ketones (excluding diaryl/α,β-unsaturated/α-hetero) is 1. The molecule has 0 bridgehead atoms. The summed E-state index contributed by atoms with van der Waals surface area (Å²) in [5.74, 6) is 1.42. The molecular weight excluding hydrogens is 204 g/mol. The molecule has 1 rings (SSSR count). The quantitative estimate of drug-likeness (QED) is 0.493. The number of unbranched alkanes of at least 4 members (excludes halogenated alkanes) is 4. The lowest BCUT2D eigenvalue weighted by atomic mass is 10.0. The zero-order valence-corrected chi connectivity index (χ0v) is 10.1. The Balaban J connectivity index is 1.97. The van der Waals surface area contributed by atoms with Gasteiger partial charge in [-0.3, -0.25) is 4.79 Å². The van der Waals surface area contributed by atoms with Gasteiger partial charge in [-0.1, -0.05) is 43.6 Å². The van der Waals surface area contributed by atoms with E-state index in [9.17, 15) is 4.79 Å². The van der Waals surface area contributed by atoms with Gasteiger partial charge in [0.25, 0.3) is 0 Å². The molecule has 0 saturated carbocycles. The van der Waals surface area contributed by atoms with Crippen molar-refractivity contribution in [1.82, 2.24) is 0 Å². The molecule has 0 N–H and O–H groups in total. The van der Waals surface area contributed by atoms with Crippen LogP contribution in [0.5, 0.6) is 0 Å². The number of carbonyl (C=O) groups excluding carboxylic acids is 1. The normalized spacial score (nSPS) is 15.0. The maximum absolute atomic E-state index is 11.6. The monoisotopic (exact) mass is 224 g/mol. The summed E-state index contributed by atoms with van der Waals surface area (Å²) in [5.41, 5.74) is 0. The van der Waals surface area contributed by atoms with Gasteiger partial charge in [0.05, 0.1) is 5.92 Å². The maximum Gasteiger partial charge on any atom is 0.143 e. The molecule has 0 radical (unpaired) electrons. The molecule has 0 saturated heterocycles. The number of allylic oxidation sites excluding steroid dienone is 4. The number of thiol groups is 1. The van der Waals surface area contributed by atoms with Gasteiger partial charge >= 0.3 is 0 Å². The van der Waals surface area contributed by atoms with Crippen molar-refractivity contribution in [3.63, 3.8) is 0 Å². The number of ketones is 1. The van der Waals surface area contributed by atoms with Crippen LogP contribution >= 0.6 is 12.6 Å². The van der Waals surface area contributed by atoms with E-state index in [0.29, 0.717) is 5.78 Å². The van der Waals surface area contributed by atoms with Crippen LogP contribution < -0.4 is 0 Å². The van der Waals surface area contributed by atoms with Gasteiger partial charge in [0.1, 0.15) is 5.78 Å². The molecule has 84 valence electrons. The molecule has 1 aliphatic rings. The first-order valence-corrected chi connectivity index (χ1v) is 6.46. The molecule has 0 atom stereocenters. The Bertz CT molecular complexity index is 231. The largest absolute Gasteiger partial charge is 0.299 e. The Morgan fingerprint density at radius 1 is 1.00 bits per heavy atom. The van der Waals surface area contributed by atoms with Crippen LogP contribution in [0.4, 0.5) is 0 Å². The topological polar surface area (TPSA) is 17.1 Å². The minimum Gasteiger partial charge on any atom is -0.299 e. The lowest BCUT2D eigenvalue weighted by molar-refractivity contribution is -0.120. The summed E-state index contributed by atoms with van der Waals surface area (Å²) in [4.78, 5) is 11.6.